The number of sulfonamides is 1. The number of hydrogen-bond acceptors (Lipinski definition) is 3. The first-order valence-electron chi connectivity index (χ1n) is 5.33. The molecule has 0 saturated heterocycles. The van der Waals surface area contributed by atoms with Crippen LogP contribution < -0.4 is 10.5 Å². The van der Waals surface area contributed by atoms with Crippen LogP contribution in [0.1, 0.15) is 0 Å². The summed E-state index contributed by atoms with van der Waals surface area (Å²) in [5.74, 6) is -1.68. The average Bonchev–Trinajstić information content (AvgIpc) is 2.33. The van der Waals surface area contributed by atoms with E-state index in [4.69, 9.17) is 17.3 Å². The van der Waals surface area contributed by atoms with Crippen LogP contribution in [-0.4, -0.2) is 8.42 Å². The molecule has 0 aliphatic rings. The Morgan fingerprint density at radius 2 is 1.80 bits per heavy atom. The van der Waals surface area contributed by atoms with Gasteiger partial charge in [0, 0.05) is 0 Å². The summed E-state index contributed by atoms with van der Waals surface area (Å²) in [6, 6.07) is 6.75. The van der Waals surface area contributed by atoms with E-state index in [9.17, 15) is 17.2 Å². The number of hydrogen-bond donors (Lipinski definition) is 2. The molecule has 0 bridgehead atoms. The van der Waals surface area contributed by atoms with Gasteiger partial charge in [-0.3, -0.25) is 4.72 Å². The summed E-state index contributed by atoms with van der Waals surface area (Å²) in [6.45, 7) is 0. The molecule has 0 radical (unpaired) electrons. The van der Waals surface area contributed by atoms with Crippen LogP contribution in [0, 0.1) is 11.6 Å². The fraction of sp³-hybridized carbons (Fsp3) is 0. The van der Waals surface area contributed by atoms with Gasteiger partial charge < -0.3 is 5.73 Å². The van der Waals surface area contributed by atoms with Gasteiger partial charge in [0.25, 0.3) is 10.0 Å². The number of nitrogens with two attached hydrogens (primary N) is 1. The van der Waals surface area contributed by atoms with E-state index < -0.39 is 26.6 Å². The molecule has 2 rings (SSSR count). The molecule has 0 heterocycles. The van der Waals surface area contributed by atoms with Crippen molar-refractivity contribution in [2.24, 2.45) is 0 Å². The topological polar surface area (TPSA) is 72.2 Å². The van der Waals surface area contributed by atoms with Crippen LogP contribution in [0.2, 0.25) is 5.02 Å². The molecule has 8 heteroatoms. The molecule has 0 unspecified atom stereocenters. The zero-order chi connectivity index (χ0) is 14.9. The molecule has 0 spiro atoms. The van der Waals surface area contributed by atoms with Crippen molar-refractivity contribution < 1.29 is 17.2 Å². The molecule has 0 aliphatic heterocycles. The molecular weight excluding hydrogens is 310 g/mol. The lowest BCUT2D eigenvalue weighted by molar-refractivity contribution is 0.571. The maximum Gasteiger partial charge on any atom is 0.266 e. The minimum Gasteiger partial charge on any atom is -0.398 e. The van der Waals surface area contributed by atoms with Crippen LogP contribution in [0.5, 0.6) is 0 Å². The predicted octanol–water partition coefficient (Wildman–Crippen LogP) is 3.00. The van der Waals surface area contributed by atoms with Crippen molar-refractivity contribution >= 4 is 33.0 Å². The van der Waals surface area contributed by atoms with Gasteiger partial charge in [-0.1, -0.05) is 17.7 Å². The summed E-state index contributed by atoms with van der Waals surface area (Å²) >= 11 is 5.54. The molecule has 0 aliphatic carbocycles. The van der Waals surface area contributed by atoms with Crippen molar-refractivity contribution in [1.82, 2.24) is 0 Å². The number of rotatable bonds is 3. The third-order valence-corrected chi connectivity index (χ3v) is 4.20. The van der Waals surface area contributed by atoms with Crippen molar-refractivity contribution in [3.8, 4) is 0 Å². The molecule has 0 aromatic heterocycles. The van der Waals surface area contributed by atoms with Crippen LogP contribution in [0.4, 0.5) is 20.2 Å². The molecule has 4 nitrogen and oxygen atoms in total. The Bertz CT molecular complexity index is 746. The highest BCUT2D eigenvalue weighted by Gasteiger charge is 2.22. The van der Waals surface area contributed by atoms with Crippen molar-refractivity contribution in [1.29, 1.82) is 0 Å². The highest BCUT2D eigenvalue weighted by molar-refractivity contribution is 7.92. The Balaban J connectivity index is 2.43. The number of nitrogens with one attached hydrogen (secondary N) is 1. The van der Waals surface area contributed by atoms with Gasteiger partial charge in [0.05, 0.1) is 16.4 Å². The molecule has 0 amide bonds. The molecule has 3 N–H and O–H groups in total. The molecule has 0 fully saturated rings. The quantitative estimate of drug-likeness (QED) is 0.854. The van der Waals surface area contributed by atoms with Gasteiger partial charge >= 0.3 is 0 Å². The van der Waals surface area contributed by atoms with Gasteiger partial charge in [-0.15, -0.1) is 0 Å². The summed E-state index contributed by atoms with van der Waals surface area (Å²) < 4.78 is 52.8. The first kappa shape index (κ1) is 14.5. The molecule has 0 atom stereocenters. The zero-order valence-corrected chi connectivity index (χ0v) is 11.5. The molecule has 20 heavy (non-hydrogen) atoms. The van der Waals surface area contributed by atoms with E-state index in [1.807, 2.05) is 0 Å². The summed E-state index contributed by atoms with van der Waals surface area (Å²) in [6.07, 6.45) is 0. The maximum atomic E-state index is 13.6. The lowest BCUT2D eigenvalue weighted by Crippen LogP contribution is -2.16. The normalized spacial score (nSPS) is 11.3. The standard InChI is InChI=1S/C12H9ClF2N2O2S/c13-8-6-7(4-5-9(8)14)17-20(18,19)12-10(15)2-1-3-11(12)16/h1-6,17H,16H2. The first-order valence-corrected chi connectivity index (χ1v) is 7.19. The van der Waals surface area contributed by atoms with Crippen LogP contribution in [0.25, 0.3) is 0 Å². The Morgan fingerprint density at radius 1 is 1.10 bits per heavy atom. The lowest BCUT2D eigenvalue weighted by atomic mass is 10.3. The number of nitrogen functional groups attached to an aromatic ring is 1. The van der Waals surface area contributed by atoms with Gasteiger partial charge in [-0.25, -0.2) is 17.2 Å². The van der Waals surface area contributed by atoms with E-state index in [0.29, 0.717) is 0 Å². The highest BCUT2D eigenvalue weighted by Crippen LogP contribution is 2.26. The lowest BCUT2D eigenvalue weighted by Gasteiger charge is -2.11. The zero-order valence-electron chi connectivity index (χ0n) is 9.90. The number of anilines is 2. The first-order chi connectivity index (χ1) is 9.31. The number of halogens is 3. The van der Waals surface area contributed by atoms with E-state index in [1.54, 1.807) is 0 Å². The van der Waals surface area contributed by atoms with E-state index >= 15 is 0 Å². The van der Waals surface area contributed by atoms with Crippen molar-refractivity contribution in [2.75, 3.05) is 10.5 Å². The summed E-state index contributed by atoms with van der Waals surface area (Å²) in [5, 5.41) is -0.258. The third-order valence-electron chi connectivity index (χ3n) is 2.44. The second-order valence-corrected chi connectivity index (χ2v) is 5.92. The largest absolute Gasteiger partial charge is 0.398 e. The van der Waals surface area contributed by atoms with Crippen molar-refractivity contribution in [2.45, 2.75) is 4.90 Å². The van der Waals surface area contributed by atoms with Gasteiger partial charge in [-0.05, 0) is 30.3 Å². The molecular formula is C12H9ClF2N2O2S. The SMILES string of the molecule is Nc1cccc(F)c1S(=O)(=O)Nc1ccc(F)c(Cl)c1. The third kappa shape index (κ3) is 2.83. The summed E-state index contributed by atoms with van der Waals surface area (Å²) in [4.78, 5) is -0.666. The van der Waals surface area contributed by atoms with Crippen molar-refractivity contribution in [3.63, 3.8) is 0 Å². The minimum atomic E-state index is -4.24. The molecule has 106 valence electrons. The van der Waals surface area contributed by atoms with Crippen LogP contribution in [0.3, 0.4) is 0 Å². The highest BCUT2D eigenvalue weighted by atomic mass is 35.5. The summed E-state index contributed by atoms with van der Waals surface area (Å²) in [5.41, 5.74) is 5.24. The van der Waals surface area contributed by atoms with E-state index in [1.165, 1.54) is 12.1 Å². The van der Waals surface area contributed by atoms with Crippen LogP contribution in [0.15, 0.2) is 41.3 Å². The Labute approximate surface area is 119 Å². The van der Waals surface area contributed by atoms with E-state index in [0.717, 1.165) is 24.3 Å². The molecule has 2 aromatic rings. The number of benzene rings is 2. The second-order valence-electron chi connectivity index (χ2n) is 3.89. The summed E-state index contributed by atoms with van der Waals surface area (Å²) in [7, 11) is -4.24. The fourth-order valence-corrected chi connectivity index (χ4v) is 3.00. The Hall–Kier alpha value is -1.86. The van der Waals surface area contributed by atoms with Gasteiger partial charge in [0.2, 0.25) is 0 Å². The monoisotopic (exact) mass is 318 g/mol. The van der Waals surface area contributed by atoms with E-state index in [-0.39, 0.29) is 16.4 Å². The van der Waals surface area contributed by atoms with Crippen LogP contribution in [-0.2, 0) is 10.0 Å². The Morgan fingerprint density at radius 3 is 2.40 bits per heavy atom. The van der Waals surface area contributed by atoms with Gasteiger partial charge in [0.1, 0.15) is 16.5 Å². The van der Waals surface area contributed by atoms with Gasteiger partial charge in [-0.2, -0.15) is 0 Å². The Kier molecular flexibility index (Phi) is 3.82. The predicted molar refractivity (Wildman–Crippen MR) is 73.0 cm³/mol. The van der Waals surface area contributed by atoms with Gasteiger partial charge in [0.15, 0.2) is 0 Å². The second kappa shape index (κ2) is 5.26. The average molecular weight is 319 g/mol. The van der Waals surface area contributed by atoms with Crippen molar-refractivity contribution in [3.05, 3.63) is 53.1 Å². The van der Waals surface area contributed by atoms with Crippen LogP contribution >= 0.6 is 11.6 Å². The van der Waals surface area contributed by atoms with E-state index in [2.05, 4.69) is 4.72 Å². The molecule has 0 saturated carbocycles. The maximum absolute atomic E-state index is 13.6. The smallest absolute Gasteiger partial charge is 0.266 e. The fourth-order valence-electron chi connectivity index (χ4n) is 1.57. The minimum absolute atomic E-state index is 0.000877. The molecule has 2 aromatic carbocycles.